The van der Waals surface area contributed by atoms with Crippen LogP contribution in [-0.2, 0) is 6.42 Å². The van der Waals surface area contributed by atoms with Gasteiger partial charge in [-0.1, -0.05) is 45.9 Å². The lowest BCUT2D eigenvalue weighted by atomic mass is 9.42. The molecule has 0 bridgehead atoms. The highest BCUT2D eigenvalue weighted by molar-refractivity contribution is 5.82. The second kappa shape index (κ2) is 4.71. The Balaban J connectivity index is 1.65. The number of benzene rings is 1. The van der Waals surface area contributed by atoms with Crippen molar-refractivity contribution >= 4 is 10.9 Å². The fraction of sp³-hybridized carbons (Fsp3) is 0.652. The summed E-state index contributed by atoms with van der Waals surface area (Å²) in [5.74, 6) is 0.612. The van der Waals surface area contributed by atoms with Gasteiger partial charge in [-0.3, -0.25) is 0 Å². The lowest BCUT2D eigenvalue weighted by Gasteiger charge is -2.64. The van der Waals surface area contributed by atoms with E-state index in [1.54, 1.807) is 0 Å². The Morgan fingerprint density at radius 1 is 1.00 bits per heavy atom. The summed E-state index contributed by atoms with van der Waals surface area (Å²) in [5, 5.41) is 12.1. The maximum absolute atomic E-state index is 10.7. The standard InChI is InChI=1S/C23H31NO/c1-21(2)18-9-10-19-23(4,22(18,3)12-11-20(21)25)14-16-13-15-7-5-6-8-17(15)24(16)19/h5-8,13,18-20,25H,9-12,14H2,1-4H3/t18-,19+,20+,22+,23-/m1/s1. The smallest absolute Gasteiger partial charge is 0.0594 e. The van der Waals surface area contributed by atoms with Crippen molar-refractivity contribution in [1.82, 2.24) is 4.57 Å². The number of fused-ring (bicyclic) bond motifs is 7. The highest BCUT2D eigenvalue weighted by Gasteiger charge is 2.64. The number of para-hydroxylation sites is 1. The van der Waals surface area contributed by atoms with Crippen LogP contribution in [0, 0.1) is 22.2 Å². The van der Waals surface area contributed by atoms with Gasteiger partial charge in [-0.15, -0.1) is 0 Å². The van der Waals surface area contributed by atoms with E-state index in [2.05, 4.69) is 62.6 Å². The second-order valence-corrected chi connectivity index (χ2v) is 10.1. The number of nitrogens with zero attached hydrogens (tertiary/aromatic N) is 1. The molecule has 5 atom stereocenters. The van der Waals surface area contributed by atoms with Gasteiger partial charge in [0.25, 0.3) is 0 Å². The van der Waals surface area contributed by atoms with Crippen LogP contribution in [0.25, 0.3) is 10.9 Å². The van der Waals surface area contributed by atoms with E-state index in [0.29, 0.717) is 22.8 Å². The molecule has 1 N–H and O–H groups in total. The van der Waals surface area contributed by atoms with Crippen LogP contribution in [0.5, 0.6) is 0 Å². The van der Waals surface area contributed by atoms with E-state index >= 15 is 0 Å². The molecular formula is C23H31NO. The third-order valence-electron chi connectivity index (χ3n) is 8.92. The molecule has 3 aliphatic rings. The maximum atomic E-state index is 10.7. The Morgan fingerprint density at radius 3 is 2.56 bits per heavy atom. The van der Waals surface area contributed by atoms with Crippen molar-refractivity contribution in [2.75, 3.05) is 0 Å². The van der Waals surface area contributed by atoms with Crippen molar-refractivity contribution in [3.63, 3.8) is 0 Å². The minimum Gasteiger partial charge on any atom is -0.393 e. The predicted octanol–water partition coefficient (Wildman–Crippen LogP) is 5.34. The van der Waals surface area contributed by atoms with E-state index in [0.717, 1.165) is 12.8 Å². The Kier molecular flexibility index (Phi) is 3.00. The Bertz CT molecular complexity index is 849. The quantitative estimate of drug-likeness (QED) is 0.689. The van der Waals surface area contributed by atoms with Crippen molar-refractivity contribution in [3.05, 3.63) is 36.0 Å². The summed E-state index contributed by atoms with van der Waals surface area (Å²) < 4.78 is 2.68. The van der Waals surface area contributed by atoms with Crippen molar-refractivity contribution < 1.29 is 5.11 Å². The van der Waals surface area contributed by atoms with Gasteiger partial charge in [-0.05, 0) is 71.8 Å². The predicted molar refractivity (Wildman–Crippen MR) is 103 cm³/mol. The topological polar surface area (TPSA) is 25.2 Å². The molecule has 2 heteroatoms. The molecule has 0 spiro atoms. The van der Waals surface area contributed by atoms with Crippen LogP contribution in [0.1, 0.15) is 65.1 Å². The summed E-state index contributed by atoms with van der Waals surface area (Å²) in [6.07, 6.45) is 5.65. The zero-order chi connectivity index (χ0) is 17.6. The average Bonchev–Trinajstić information content (AvgIpc) is 3.05. The highest BCUT2D eigenvalue weighted by Crippen LogP contribution is 2.70. The van der Waals surface area contributed by atoms with Gasteiger partial charge in [0.1, 0.15) is 0 Å². The first-order valence-corrected chi connectivity index (χ1v) is 10.1. The summed E-state index contributed by atoms with van der Waals surface area (Å²) in [6, 6.07) is 11.9. The van der Waals surface area contributed by atoms with E-state index in [-0.39, 0.29) is 11.5 Å². The molecule has 2 aromatic rings. The number of hydrogen-bond donors (Lipinski definition) is 1. The zero-order valence-corrected chi connectivity index (χ0v) is 16.0. The SMILES string of the molecule is CC1(C)[C@H]2CC[C@@H]3n4c(cc5ccccc54)C[C@@]3(C)[C@@]2(C)CC[C@@H]1O. The maximum Gasteiger partial charge on any atom is 0.0594 e. The summed E-state index contributed by atoms with van der Waals surface area (Å²) in [4.78, 5) is 0. The zero-order valence-electron chi connectivity index (χ0n) is 16.0. The number of hydrogen-bond acceptors (Lipinski definition) is 1. The number of aliphatic hydroxyl groups is 1. The van der Waals surface area contributed by atoms with E-state index in [1.807, 2.05) is 0 Å². The number of aromatic nitrogens is 1. The highest BCUT2D eigenvalue weighted by atomic mass is 16.3. The lowest BCUT2D eigenvalue weighted by molar-refractivity contribution is -0.176. The summed E-state index contributed by atoms with van der Waals surface area (Å²) >= 11 is 0. The van der Waals surface area contributed by atoms with E-state index in [1.165, 1.54) is 35.9 Å². The molecular weight excluding hydrogens is 306 g/mol. The van der Waals surface area contributed by atoms with Crippen molar-refractivity contribution in [2.24, 2.45) is 22.2 Å². The van der Waals surface area contributed by atoms with Gasteiger partial charge in [0.05, 0.1) is 6.10 Å². The van der Waals surface area contributed by atoms with Gasteiger partial charge in [0, 0.05) is 17.3 Å². The minimum absolute atomic E-state index is 0.0281. The van der Waals surface area contributed by atoms with Crippen LogP contribution in [0.2, 0.25) is 0 Å². The number of rotatable bonds is 0. The van der Waals surface area contributed by atoms with Gasteiger partial charge in [0.2, 0.25) is 0 Å². The molecule has 2 saturated carbocycles. The molecule has 134 valence electrons. The van der Waals surface area contributed by atoms with Crippen LogP contribution in [0.15, 0.2) is 30.3 Å². The van der Waals surface area contributed by atoms with Crippen LogP contribution in [0.3, 0.4) is 0 Å². The first-order valence-electron chi connectivity index (χ1n) is 10.1. The van der Waals surface area contributed by atoms with Crippen molar-refractivity contribution in [3.8, 4) is 0 Å². The van der Waals surface area contributed by atoms with E-state index in [9.17, 15) is 5.11 Å². The van der Waals surface area contributed by atoms with Gasteiger partial charge in [0.15, 0.2) is 0 Å². The first-order chi connectivity index (χ1) is 11.8. The first kappa shape index (κ1) is 15.9. The summed E-state index contributed by atoms with van der Waals surface area (Å²) in [5.41, 5.74) is 3.58. The van der Waals surface area contributed by atoms with Gasteiger partial charge >= 0.3 is 0 Å². The molecule has 5 rings (SSSR count). The van der Waals surface area contributed by atoms with Crippen LogP contribution < -0.4 is 0 Å². The summed E-state index contributed by atoms with van der Waals surface area (Å²) in [6.45, 7) is 9.73. The Morgan fingerprint density at radius 2 is 1.76 bits per heavy atom. The second-order valence-electron chi connectivity index (χ2n) is 10.1. The summed E-state index contributed by atoms with van der Waals surface area (Å²) in [7, 11) is 0. The Labute approximate surface area is 151 Å². The molecule has 25 heavy (non-hydrogen) atoms. The number of aliphatic hydroxyl groups excluding tert-OH is 1. The molecule has 2 nitrogen and oxygen atoms in total. The van der Waals surface area contributed by atoms with Crippen LogP contribution >= 0.6 is 0 Å². The molecule has 0 radical (unpaired) electrons. The fourth-order valence-corrected chi connectivity index (χ4v) is 7.28. The third-order valence-corrected chi connectivity index (χ3v) is 8.92. The largest absolute Gasteiger partial charge is 0.393 e. The molecule has 0 unspecified atom stereocenters. The molecule has 2 aliphatic carbocycles. The molecule has 2 heterocycles. The Hall–Kier alpha value is -1.28. The normalized spacial score (nSPS) is 42.0. The van der Waals surface area contributed by atoms with E-state index in [4.69, 9.17) is 0 Å². The average molecular weight is 338 g/mol. The third kappa shape index (κ3) is 1.75. The molecule has 1 aromatic heterocycles. The molecule has 1 aromatic carbocycles. The molecule has 1 aliphatic heterocycles. The lowest BCUT2D eigenvalue weighted by Crippen LogP contribution is -2.59. The van der Waals surface area contributed by atoms with Gasteiger partial charge < -0.3 is 9.67 Å². The molecule has 0 saturated heterocycles. The van der Waals surface area contributed by atoms with Gasteiger partial charge in [-0.2, -0.15) is 0 Å². The molecule has 2 fully saturated rings. The minimum atomic E-state index is -0.146. The van der Waals surface area contributed by atoms with Crippen LogP contribution in [0.4, 0.5) is 0 Å². The molecule has 0 amide bonds. The fourth-order valence-electron chi connectivity index (χ4n) is 7.28. The van der Waals surface area contributed by atoms with Crippen molar-refractivity contribution in [1.29, 1.82) is 0 Å². The van der Waals surface area contributed by atoms with Gasteiger partial charge in [-0.25, -0.2) is 0 Å². The van der Waals surface area contributed by atoms with E-state index < -0.39 is 0 Å². The van der Waals surface area contributed by atoms with Crippen LogP contribution in [-0.4, -0.2) is 15.8 Å². The van der Waals surface area contributed by atoms with Crippen molar-refractivity contribution in [2.45, 2.75) is 71.9 Å². The monoisotopic (exact) mass is 337 g/mol.